The van der Waals surface area contributed by atoms with Gasteiger partial charge in [0, 0.05) is 12.7 Å². The first-order valence-corrected chi connectivity index (χ1v) is 8.41. The van der Waals surface area contributed by atoms with Gasteiger partial charge in [-0.05, 0) is 6.92 Å². The molecule has 0 aliphatic carbocycles. The van der Waals surface area contributed by atoms with Crippen molar-refractivity contribution in [1.29, 1.82) is 0 Å². The second kappa shape index (κ2) is 14.2. The van der Waals surface area contributed by atoms with E-state index in [2.05, 4.69) is 11.3 Å². The van der Waals surface area contributed by atoms with E-state index in [9.17, 15) is 4.79 Å². The van der Waals surface area contributed by atoms with Crippen LogP contribution in [0.5, 0.6) is 0 Å². The van der Waals surface area contributed by atoms with Crippen molar-refractivity contribution < 1.29 is 38.0 Å². The summed E-state index contributed by atoms with van der Waals surface area (Å²) >= 11 is 0. The molecule has 8 nitrogen and oxygen atoms in total. The van der Waals surface area contributed by atoms with E-state index in [0.29, 0.717) is 57.9 Å². The maximum absolute atomic E-state index is 10.7. The Balaban J connectivity index is 0.000000216. The summed E-state index contributed by atoms with van der Waals surface area (Å²) in [6, 6.07) is 0. The Kier molecular flexibility index (Phi) is 12.5. The highest BCUT2D eigenvalue weighted by molar-refractivity contribution is 5.86. The molecule has 0 amide bonds. The average molecular weight is 362 g/mol. The van der Waals surface area contributed by atoms with Crippen molar-refractivity contribution >= 4 is 5.97 Å². The van der Waals surface area contributed by atoms with Crippen molar-refractivity contribution in [2.45, 2.75) is 19.1 Å². The molecule has 3 aliphatic heterocycles. The van der Waals surface area contributed by atoms with Crippen molar-refractivity contribution in [2.75, 3.05) is 73.2 Å². The molecule has 0 aromatic carbocycles. The molecule has 25 heavy (non-hydrogen) atoms. The molecular weight excluding hydrogens is 332 g/mol. The summed E-state index contributed by atoms with van der Waals surface area (Å²) < 4.78 is 34.3. The summed E-state index contributed by atoms with van der Waals surface area (Å²) in [5, 5.41) is 0. The lowest BCUT2D eigenvalue weighted by molar-refractivity contribution is -0.139. The van der Waals surface area contributed by atoms with Crippen molar-refractivity contribution in [3.8, 4) is 0 Å². The fourth-order valence-electron chi connectivity index (χ4n) is 1.20. The second-order valence-corrected chi connectivity index (χ2v) is 5.58. The third-order valence-electron chi connectivity index (χ3n) is 2.87. The number of epoxide rings is 3. The number of hydrogen-bond donors (Lipinski definition) is 0. The predicted octanol–water partition coefficient (Wildman–Crippen LogP) is 0.586. The van der Waals surface area contributed by atoms with E-state index in [0.717, 1.165) is 19.8 Å². The zero-order valence-electron chi connectivity index (χ0n) is 15.2. The van der Waals surface area contributed by atoms with Crippen molar-refractivity contribution in [3.05, 3.63) is 12.2 Å². The van der Waals surface area contributed by atoms with E-state index in [-0.39, 0.29) is 12.1 Å². The molecule has 0 aromatic rings. The van der Waals surface area contributed by atoms with Crippen LogP contribution in [0.1, 0.15) is 6.92 Å². The van der Waals surface area contributed by atoms with Crippen LogP contribution in [0.15, 0.2) is 12.2 Å². The Bertz CT molecular complexity index is 361. The molecule has 2 atom stereocenters. The minimum Gasteiger partial charge on any atom is -0.459 e. The highest BCUT2D eigenvalue weighted by atomic mass is 16.6. The van der Waals surface area contributed by atoms with E-state index in [4.69, 9.17) is 28.4 Å². The predicted molar refractivity (Wildman–Crippen MR) is 89.6 cm³/mol. The number of esters is 1. The fourth-order valence-corrected chi connectivity index (χ4v) is 1.20. The van der Waals surface area contributed by atoms with Crippen LogP contribution in [0.2, 0.25) is 0 Å². The number of carbonyl (C=O) groups excluding carboxylic acids is 1. The number of ether oxygens (including phenoxy) is 7. The van der Waals surface area contributed by atoms with Crippen LogP contribution in [0.25, 0.3) is 0 Å². The van der Waals surface area contributed by atoms with E-state index < -0.39 is 0 Å². The number of hydrogen-bond acceptors (Lipinski definition) is 8. The lowest BCUT2D eigenvalue weighted by atomic mass is 10.4. The maximum Gasteiger partial charge on any atom is 0.333 e. The van der Waals surface area contributed by atoms with Crippen LogP contribution in [0, 0.1) is 0 Å². The topological polar surface area (TPSA) is 91.6 Å². The first kappa shape index (κ1) is 22.0. The number of carbonyl (C=O) groups is 1. The number of rotatable bonds is 11. The van der Waals surface area contributed by atoms with E-state index in [1.165, 1.54) is 0 Å². The van der Waals surface area contributed by atoms with Gasteiger partial charge in [0.2, 0.25) is 0 Å². The molecule has 2 unspecified atom stereocenters. The van der Waals surface area contributed by atoms with Gasteiger partial charge >= 0.3 is 5.97 Å². The quantitative estimate of drug-likeness (QED) is 0.228. The van der Waals surface area contributed by atoms with E-state index in [1.807, 2.05) is 0 Å². The van der Waals surface area contributed by atoms with Crippen molar-refractivity contribution in [3.63, 3.8) is 0 Å². The molecule has 3 saturated heterocycles. The largest absolute Gasteiger partial charge is 0.459 e. The second-order valence-electron chi connectivity index (χ2n) is 5.58. The average Bonchev–Trinajstić information content (AvgIpc) is 3.42. The Morgan fingerprint density at radius 1 is 1.00 bits per heavy atom. The summed E-state index contributed by atoms with van der Waals surface area (Å²) in [5.74, 6) is -0.337. The minimum atomic E-state index is -0.337. The van der Waals surface area contributed by atoms with Gasteiger partial charge < -0.3 is 33.2 Å². The molecule has 3 aliphatic rings. The van der Waals surface area contributed by atoms with Gasteiger partial charge in [-0.1, -0.05) is 6.58 Å². The molecule has 146 valence electrons. The van der Waals surface area contributed by atoms with Crippen LogP contribution >= 0.6 is 0 Å². The molecule has 0 bridgehead atoms. The van der Waals surface area contributed by atoms with Crippen LogP contribution in [0.4, 0.5) is 0 Å². The summed E-state index contributed by atoms with van der Waals surface area (Å²) in [6.07, 6.45) is 0.493. The summed E-state index contributed by atoms with van der Waals surface area (Å²) in [7, 11) is 1.66. The van der Waals surface area contributed by atoms with Gasteiger partial charge in [-0.15, -0.1) is 0 Å². The van der Waals surface area contributed by atoms with Crippen LogP contribution in [-0.2, 0) is 38.0 Å². The lowest BCUT2D eigenvalue weighted by Gasteiger charge is -2.03. The monoisotopic (exact) mass is 362 g/mol. The highest BCUT2D eigenvalue weighted by Crippen LogP contribution is 2.09. The van der Waals surface area contributed by atoms with Crippen LogP contribution < -0.4 is 0 Å². The van der Waals surface area contributed by atoms with Gasteiger partial charge in [0.15, 0.2) is 0 Å². The molecule has 0 saturated carbocycles. The van der Waals surface area contributed by atoms with Gasteiger partial charge in [0.25, 0.3) is 0 Å². The molecule has 8 heteroatoms. The Morgan fingerprint density at radius 3 is 2.00 bits per heavy atom. The standard InChI is InChI=1S/C8H16O4.C7H10O3.C2H4O/c1-9-2-3-10-4-5-11-6-8-7-12-8;1-5(2)7(8)10-4-6-3-9-6;1-2-3-1/h8H,2-7H2,1H3;6H,1,3-4H2,2H3;1-2H2. The molecule has 0 aromatic heterocycles. The third-order valence-corrected chi connectivity index (χ3v) is 2.87. The van der Waals surface area contributed by atoms with Gasteiger partial charge in [-0.3, -0.25) is 0 Å². The maximum atomic E-state index is 10.7. The van der Waals surface area contributed by atoms with Gasteiger partial charge in [0.05, 0.1) is 59.5 Å². The molecule has 3 fully saturated rings. The first-order chi connectivity index (χ1) is 12.1. The third kappa shape index (κ3) is 17.6. The van der Waals surface area contributed by atoms with E-state index >= 15 is 0 Å². The normalized spacial score (nSPS) is 21.8. The zero-order valence-corrected chi connectivity index (χ0v) is 15.2. The van der Waals surface area contributed by atoms with Crippen molar-refractivity contribution in [2.24, 2.45) is 0 Å². The Hall–Kier alpha value is -1.03. The SMILES string of the molecule is C1CO1.C=C(C)C(=O)OCC1CO1.COCCOCCOCC1CO1. The molecule has 3 rings (SSSR count). The van der Waals surface area contributed by atoms with Crippen LogP contribution in [0.3, 0.4) is 0 Å². The Labute approximate surface area is 149 Å². The molecule has 0 spiro atoms. The summed E-state index contributed by atoms with van der Waals surface area (Å²) in [5.41, 5.74) is 0.431. The van der Waals surface area contributed by atoms with Gasteiger partial charge in [0.1, 0.15) is 18.8 Å². The number of methoxy groups -OCH3 is 1. The Morgan fingerprint density at radius 2 is 1.52 bits per heavy atom. The van der Waals surface area contributed by atoms with Gasteiger partial charge in [-0.25, -0.2) is 4.79 Å². The van der Waals surface area contributed by atoms with Gasteiger partial charge in [-0.2, -0.15) is 0 Å². The summed E-state index contributed by atoms with van der Waals surface area (Å²) in [6.45, 7) is 12.3. The molecule has 0 radical (unpaired) electrons. The van der Waals surface area contributed by atoms with E-state index in [1.54, 1.807) is 14.0 Å². The smallest absolute Gasteiger partial charge is 0.333 e. The summed E-state index contributed by atoms with van der Waals surface area (Å²) in [4.78, 5) is 10.7. The van der Waals surface area contributed by atoms with Crippen molar-refractivity contribution in [1.82, 2.24) is 0 Å². The minimum absolute atomic E-state index is 0.142. The zero-order chi connectivity index (χ0) is 18.3. The lowest BCUT2D eigenvalue weighted by Crippen LogP contribution is -2.10. The van der Waals surface area contributed by atoms with Crippen LogP contribution in [-0.4, -0.2) is 91.4 Å². The first-order valence-electron chi connectivity index (χ1n) is 8.41. The fraction of sp³-hybridized carbons (Fsp3) is 0.824. The highest BCUT2D eigenvalue weighted by Gasteiger charge is 2.24. The molecule has 0 N–H and O–H groups in total. The molecular formula is C17H30O8. The molecule has 3 heterocycles.